The van der Waals surface area contributed by atoms with E-state index in [1.165, 1.54) is 18.6 Å². The SMILES string of the molecule is CC1SCCCC1NCC(C)(C)NC(=O)OC(C)(C)C. The lowest BCUT2D eigenvalue weighted by molar-refractivity contribution is 0.0470. The van der Waals surface area contributed by atoms with E-state index in [1.807, 2.05) is 46.4 Å². The molecule has 0 saturated carbocycles. The van der Waals surface area contributed by atoms with Crippen molar-refractivity contribution in [2.75, 3.05) is 12.3 Å². The molecule has 4 nitrogen and oxygen atoms in total. The number of nitrogens with one attached hydrogen (secondary N) is 2. The van der Waals surface area contributed by atoms with Crippen LogP contribution in [0, 0.1) is 0 Å². The molecule has 1 saturated heterocycles. The van der Waals surface area contributed by atoms with Crippen LogP contribution in [0.1, 0.15) is 54.4 Å². The van der Waals surface area contributed by atoms with Gasteiger partial charge in [-0.25, -0.2) is 4.79 Å². The second-order valence-electron chi connectivity index (χ2n) is 7.22. The zero-order chi connectivity index (χ0) is 15.4. The number of thioether (sulfide) groups is 1. The quantitative estimate of drug-likeness (QED) is 0.837. The van der Waals surface area contributed by atoms with Crippen LogP contribution in [0.3, 0.4) is 0 Å². The van der Waals surface area contributed by atoms with Gasteiger partial charge in [0.2, 0.25) is 0 Å². The fourth-order valence-corrected chi connectivity index (χ4v) is 3.37. The van der Waals surface area contributed by atoms with E-state index in [4.69, 9.17) is 4.74 Å². The van der Waals surface area contributed by atoms with Crippen molar-refractivity contribution < 1.29 is 9.53 Å². The van der Waals surface area contributed by atoms with Gasteiger partial charge in [-0.05, 0) is 53.2 Å². The minimum absolute atomic E-state index is 0.315. The van der Waals surface area contributed by atoms with E-state index in [0.717, 1.165) is 6.54 Å². The molecule has 118 valence electrons. The van der Waals surface area contributed by atoms with Crippen molar-refractivity contribution in [3.8, 4) is 0 Å². The lowest BCUT2D eigenvalue weighted by Gasteiger charge is -2.34. The summed E-state index contributed by atoms with van der Waals surface area (Å²) in [6.45, 7) is 12.7. The van der Waals surface area contributed by atoms with Crippen LogP contribution in [0.15, 0.2) is 0 Å². The van der Waals surface area contributed by atoms with Crippen LogP contribution in [0.25, 0.3) is 0 Å². The molecule has 1 fully saturated rings. The van der Waals surface area contributed by atoms with Gasteiger partial charge in [0, 0.05) is 17.8 Å². The molecule has 1 aliphatic heterocycles. The molecule has 0 aromatic rings. The van der Waals surface area contributed by atoms with Crippen molar-refractivity contribution >= 4 is 17.9 Å². The lowest BCUT2D eigenvalue weighted by Crippen LogP contribution is -2.54. The summed E-state index contributed by atoms with van der Waals surface area (Å²) in [5, 5.41) is 7.17. The maximum absolute atomic E-state index is 11.8. The number of hydrogen-bond donors (Lipinski definition) is 2. The summed E-state index contributed by atoms with van der Waals surface area (Å²) in [6.07, 6.45) is 2.14. The minimum atomic E-state index is -0.456. The first-order valence-electron chi connectivity index (χ1n) is 7.45. The number of carbonyl (C=O) groups is 1. The molecule has 0 aromatic heterocycles. The first-order chi connectivity index (χ1) is 9.09. The summed E-state index contributed by atoms with van der Waals surface area (Å²) in [5.74, 6) is 1.26. The van der Waals surface area contributed by atoms with E-state index in [1.54, 1.807) is 0 Å². The summed E-state index contributed by atoms with van der Waals surface area (Å²) in [4.78, 5) is 11.8. The monoisotopic (exact) mass is 302 g/mol. The van der Waals surface area contributed by atoms with Crippen LogP contribution in [-0.4, -0.2) is 40.8 Å². The standard InChI is InChI=1S/C15H30N2O2S/c1-11-12(8-7-9-20-11)16-10-15(5,6)17-13(18)19-14(2,3)4/h11-12,16H,7-10H2,1-6H3,(H,17,18). The van der Waals surface area contributed by atoms with Gasteiger partial charge in [-0.1, -0.05) is 6.92 Å². The van der Waals surface area contributed by atoms with Crippen molar-refractivity contribution in [2.24, 2.45) is 0 Å². The first-order valence-corrected chi connectivity index (χ1v) is 8.50. The van der Waals surface area contributed by atoms with E-state index < -0.39 is 5.60 Å². The Morgan fingerprint density at radius 2 is 1.95 bits per heavy atom. The second-order valence-corrected chi connectivity index (χ2v) is 8.70. The highest BCUT2D eigenvalue weighted by Crippen LogP contribution is 2.25. The summed E-state index contributed by atoms with van der Waals surface area (Å²) >= 11 is 2.02. The van der Waals surface area contributed by atoms with Gasteiger partial charge in [-0.2, -0.15) is 11.8 Å². The molecule has 1 aliphatic rings. The number of amides is 1. The molecule has 2 atom stereocenters. The molecule has 0 radical (unpaired) electrons. The number of rotatable bonds is 4. The van der Waals surface area contributed by atoms with Crippen molar-refractivity contribution in [3.63, 3.8) is 0 Å². The van der Waals surface area contributed by atoms with Gasteiger partial charge in [0.1, 0.15) is 5.60 Å². The molecule has 1 amide bonds. The Kier molecular flexibility index (Phi) is 6.20. The van der Waals surface area contributed by atoms with Crippen LogP contribution in [0.4, 0.5) is 4.79 Å². The maximum atomic E-state index is 11.8. The summed E-state index contributed by atoms with van der Waals surface area (Å²) in [6, 6.07) is 0.536. The Hall–Kier alpha value is -0.420. The number of carbonyl (C=O) groups excluding carboxylic acids is 1. The van der Waals surface area contributed by atoms with Gasteiger partial charge in [0.25, 0.3) is 0 Å². The summed E-state index contributed by atoms with van der Waals surface area (Å²) in [7, 11) is 0. The fourth-order valence-electron chi connectivity index (χ4n) is 2.20. The van der Waals surface area contributed by atoms with E-state index in [0.29, 0.717) is 11.3 Å². The molecule has 0 spiro atoms. The van der Waals surface area contributed by atoms with Gasteiger partial charge in [0.05, 0.1) is 5.54 Å². The summed E-state index contributed by atoms with van der Waals surface area (Å²) < 4.78 is 5.30. The Balaban J connectivity index is 2.38. The second kappa shape index (κ2) is 7.03. The van der Waals surface area contributed by atoms with Crippen LogP contribution in [0.2, 0.25) is 0 Å². The molecule has 20 heavy (non-hydrogen) atoms. The topological polar surface area (TPSA) is 50.4 Å². The average molecular weight is 302 g/mol. The van der Waals surface area contributed by atoms with Crippen LogP contribution in [0.5, 0.6) is 0 Å². The molecular weight excluding hydrogens is 272 g/mol. The van der Waals surface area contributed by atoms with Gasteiger partial charge in [-0.3, -0.25) is 0 Å². The smallest absolute Gasteiger partial charge is 0.408 e. The fraction of sp³-hybridized carbons (Fsp3) is 0.933. The third kappa shape index (κ3) is 6.84. The highest BCUT2D eigenvalue weighted by molar-refractivity contribution is 7.99. The van der Waals surface area contributed by atoms with E-state index in [2.05, 4.69) is 17.6 Å². The van der Waals surface area contributed by atoms with Crippen molar-refractivity contribution in [3.05, 3.63) is 0 Å². The Bertz CT molecular complexity index is 326. The Morgan fingerprint density at radius 3 is 2.50 bits per heavy atom. The van der Waals surface area contributed by atoms with Gasteiger partial charge in [0.15, 0.2) is 0 Å². The zero-order valence-electron chi connectivity index (χ0n) is 13.7. The van der Waals surface area contributed by atoms with Gasteiger partial charge in [-0.15, -0.1) is 0 Å². The predicted molar refractivity (Wildman–Crippen MR) is 86.4 cm³/mol. The maximum Gasteiger partial charge on any atom is 0.408 e. The van der Waals surface area contributed by atoms with E-state index in [-0.39, 0.29) is 11.6 Å². The highest BCUT2D eigenvalue weighted by Gasteiger charge is 2.27. The van der Waals surface area contributed by atoms with Gasteiger partial charge < -0.3 is 15.4 Å². The first kappa shape index (κ1) is 17.6. The molecule has 2 unspecified atom stereocenters. The Labute approximate surface area is 127 Å². The third-order valence-electron chi connectivity index (χ3n) is 3.25. The Morgan fingerprint density at radius 1 is 1.30 bits per heavy atom. The van der Waals surface area contributed by atoms with Crippen molar-refractivity contribution in [2.45, 2.75) is 76.8 Å². The molecule has 5 heteroatoms. The minimum Gasteiger partial charge on any atom is -0.444 e. The van der Waals surface area contributed by atoms with Crippen molar-refractivity contribution in [1.82, 2.24) is 10.6 Å². The molecule has 2 N–H and O–H groups in total. The number of ether oxygens (including phenoxy) is 1. The molecule has 0 bridgehead atoms. The third-order valence-corrected chi connectivity index (χ3v) is 4.63. The van der Waals surface area contributed by atoms with Gasteiger partial charge >= 0.3 is 6.09 Å². The number of hydrogen-bond acceptors (Lipinski definition) is 4. The largest absolute Gasteiger partial charge is 0.444 e. The zero-order valence-corrected chi connectivity index (χ0v) is 14.5. The normalized spacial score (nSPS) is 24.3. The van der Waals surface area contributed by atoms with Crippen LogP contribution >= 0.6 is 11.8 Å². The van der Waals surface area contributed by atoms with E-state index >= 15 is 0 Å². The summed E-state index contributed by atoms with van der Waals surface area (Å²) in [5.41, 5.74) is -0.772. The molecule has 0 aliphatic carbocycles. The van der Waals surface area contributed by atoms with Crippen LogP contribution in [-0.2, 0) is 4.74 Å². The highest BCUT2D eigenvalue weighted by atomic mass is 32.2. The molecular formula is C15H30N2O2S. The number of alkyl carbamates (subject to hydrolysis) is 1. The van der Waals surface area contributed by atoms with Crippen LogP contribution < -0.4 is 10.6 Å². The van der Waals surface area contributed by atoms with E-state index in [9.17, 15) is 4.79 Å². The predicted octanol–water partition coefficient (Wildman–Crippen LogP) is 3.16. The van der Waals surface area contributed by atoms with Crippen molar-refractivity contribution in [1.29, 1.82) is 0 Å². The average Bonchev–Trinajstić information content (AvgIpc) is 2.24. The lowest BCUT2D eigenvalue weighted by atomic mass is 10.0. The molecule has 1 heterocycles. The molecule has 0 aromatic carbocycles. The molecule has 1 rings (SSSR count).